The maximum absolute atomic E-state index is 11.9. The smallest absolute Gasteiger partial charge is 0.263 e. The van der Waals surface area contributed by atoms with E-state index in [2.05, 4.69) is 21.2 Å². The summed E-state index contributed by atoms with van der Waals surface area (Å²) in [5.41, 5.74) is 1.99. The summed E-state index contributed by atoms with van der Waals surface area (Å²) in [6, 6.07) is 7.82. The van der Waals surface area contributed by atoms with Gasteiger partial charge in [0.15, 0.2) is 0 Å². The number of hydrogen-bond donors (Lipinski definition) is 1. The minimum atomic E-state index is -0.124. The zero-order chi connectivity index (χ0) is 13.1. The molecule has 0 aliphatic carbocycles. The third-order valence-corrected chi connectivity index (χ3v) is 4.70. The first-order valence-corrected chi connectivity index (χ1v) is 7.39. The van der Waals surface area contributed by atoms with Gasteiger partial charge in [0.25, 0.3) is 5.91 Å². The van der Waals surface area contributed by atoms with Crippen molar-refractivity contribution in [2.45, 2.75) is 13.5 Å². The molecule has 0 atom stereocenters. The Balaban J connectivity index is 2.00. The van der Waals surface area contributed by atoms with Gasteiger partial charge in [0.1, 0.15) is 4.88 Å². The predicted octanol–water partition coefficient (Wildman–Crippen LogP) is 4.40. The van der Waals surface area contributed by atoms with Crippen molar-refractivity contribution in [3.63, 3.8) is 0 Å². The van der Waals surface area contributed by atoms with Crippen molar-refractivity contribution in [3.05, 3.63) is 55.1 Å². The molecule has 2 aromatic rings. The van der Waals surface area contributed by atoms with E-state index in [9.17, 15) is 4.79 Å². The monoisotopic (exact) mass is 343 g/mol. The molecule has 0 bridgehead atoms. The van der Waals surface area contributed by atoms with Gasteiger partial charge in [-0.25, -0.2) is 0 Å². The van der Waals surface area contributed by atoms with Gasteiger partial charge in [-0.05, 0) is 35.6 Å². The Bertz CT molecular complexity index is 565. The van der Waals surface area contributed by atoms with Crippen molar-refractivity contribution in [1.29, 1.82) is 0 Å². The van der Waals surface area contributed by atoms with Crippen LogP contribution in [0.25, 0.3) is 0 Å². The zero-order valence-electron chi connectivity index (χ0n) is 9.67. The van der Waals surface area contributed by atoms with Gasteiger partial charge < -0.3 is 5.32 Å². The Labute approximate surface area is 123 Å². The van der Waals surface area contributed by atoms with Crippen molar-refractivity contribution in [2.24, 2.45) is 0 Å². The summed E-state index contributed by atoms with van der Waals surface area (Å²) >= 11 is 10.8. The average molecular weight is 345 g/mol. The van der Waals surface area contributed by atoms with Gasteiger partial charge in [0.05, 0.1) is 5.02 Å². The summed E-state index contributed by atoms with van der Waals surface area (Å²) in [5.74, 6) is -0.124. The summed E-state index contributed by atoms with van der Waals surface area (Å²) in [6.07, 6.45) is 0. The molecule has 1 aromatic heterocycles. The van der Waals surface area contributed by atoms with Gasteiger partial charge in [-0.2, -0.15) is 0 Å². The summed E-state index contributed by atoms with van der Waals surface area (Å²) in [5, 5.41) is 5.30. The lowest BCUT2D eigenvalue weighted by Crippen LogP contribution is -2.22. The van der Waals surface area contributed by atoms with Crippen LogP contribution in [0.15, 0.2) is 34.1 Å². The van der Waals surface area contributed by atoms with Crippen molar-refractivity contribution < 1.29 is 4.79 Å². The molecule has 0 saturated heterocycles. The Morgan fingerprint density at radius 2 is 2.06 bits per heavy atom. The normalized spacial score (nSPS) is 10.4. The first-order chi connectivity index (χ1) is 8.58. The number of benzene rings is 1. The molecular weight excluding hydrogens is 334 g/mol. The number of halogens is 2. The summed E-state index contributed by atoms with van der Waals surface area (Å²) in [7, 11) is 0. The van der Waals surface area contributed by atoms with Crippen LogP contribution in [0.1, 0.15) is 20.8 Å². The number of hydrogen-bond acceptors (Lipinski definition) is 2. The molecule has 94 valence electrons. The molecule has 1 N–H and O–H groups in total. The molecule has 0 aliphatic heterocycles. The highest BCUT2D eigenvalue weighted by atomic mass is 79.9. The largest absolute Gasteiger partial charge is 0.347 e. The van der Waals surface area contributed by atoms with Crippen molar-refractivity contribution in [3.8, 4) is 0 Å². The minimum Gasteiger partial charge on any atom is -0.347 e. The molecule has 0 radical (unpaired) electrons. The highest BCUT2D eigenvalue weighted by Crippen LogP contribution is 2.26. The van der Waals surface area contributed by atoms with Gasteiger partial charge in [-0.3, -0.25) is 4.79 Å². The summed E-state index contributed by atoms with van der Waals surface area (Å²) < 4.78 is 1.02. The number of nitrogens with one attached hydrogen (secondary N) is 1. The number of rotatable bonds is 3. The van der Waals surface area contributed by atoms with E-state index in [1.165, 1.54) is 11.3 Å². The van der Waals surface area contributed by atoms with Crippen LogP contribution in [0.2, 0.25) is 5.02 Å². The van der Waals surface area contributed by atoms with E-state index in [0.717, 1.165) is 15.6 Å². The van der Waals surface area contributed by atoms with Crippen LogP contribution in [0, 0.1) is 6.92 Å². The van der Waals surface area contributed by atoms with E-state index in [-0.39, 0.29) is 5.91 Å². The van der Waals surface area contributed by atoms with Gasteiger partial charge in [-0.1, -0.05) is 39.7 Å². The highest BCUT2D eigenvalue weighted by molar-refractivity contribution is 9.10. The molecule has 1 heterocycles. The molecule has 2 nitrogen and oxygen atoms in total. The van der Waals surface area contributed by atoms with E-state index in [1.807, 2.05) is 36.6 Å². The fourth-order valence-corrected chi connectivity index (χ4v) is 2.91. The number of thiophene rings is 1. The molecule has 0 aliphatic rings. The van der Waals surface area contributed by atoms with E-state index < -0.39 is 0 Å². The lowest BCUT2D eigenvalue weighted by atomic mass is 10.2. The van der Waals surface area contributed by atoms with Gasteiger partial charge in [0.2, 0.25) is 0 Å². The van der Waals surface area contributed by atoms with E-state index in [1.54, 1.807) is 0 Å². The van der Waals surface area contributed by atoms with Crippen LogP contribution < -0.4 is 5.32 Å². The Kier molecular flexibility index (Phi) is 4.43. The quantitative estimate of drug-likeness (QED) is 0.878. The second-order valence-electron chi connectivity index (χ2n) is 3.87. The first-order valence-electron chi connectivity index (χ1n) is 5.34. The van der Waals surface area contributed by atoms with Crippen LogP contribution >= 0.6 is 38.9 Å². The fraction of sp³-hybridized carbons (Fsp3) is 0.154. The maximum atomic E-state index is 11.9. The van der Waals surface area contributed by atoms with Crippen molar-refractivity contribution in [2.75, 3.05) is 0 Å². The Morgan fingerprint density at radius 1 is 1.39 bits per heavy atom. The Hall–Kier alpha value is -0.840. The van der Waals surface area contributed by atoms with Gasteiger partial charge in [-0.15, -0.1) is 11.3 Å². The third-order valence-electron chi connectivity index (χ3n) is 2.47. The zero-order valence-corrected chi connectivity index (χ0v) is 12.8. The number of carbonyl (C=O) groups is 1. The van der Waals surface area contributed by atoms with Crippen molar-refractivity contribution in [1.82, 2.24) is 5.32 Å². The Morgan fingerprint density at radius 3 is 2.61 bits per heavy atom. The first kappa shape index (κ1) is 13.6. The number of amides is 1. The van der Waals surface area contributed by atoms with E-state index in [0.29, 0.717) is 16.4 Å². The molecule has 0 fully saturated rings. The van der Waals surface area contributed by atoms with Crippen LogP contribution in [0.4, 0.5) is 0 Å². The SMILES string of the molecule is Cc1csc(C(=O)NCc2ccc(Br)cc2)c1Cl. The summed E-state index contributed by atoms with van der Waals surface area (Å²) in [6.45, 7) is 2.39. The van der Waals surface area contributed by atoms with Crippen LogP contribution in [0.5, 0.6) is 0 Å². The molecule has 1 amide bonds. The topological polar surface area (TPSA) is 29.1 Å². The van der Waals surface area contributed by atoms with Crippen LogP contribution in [-0.2, 0) is 6.54 Å². The maximum Gasteiger partial charge on any atom is 0.263 e. The molecule has 0 unspecified atom stereocenters. The second kappa shape index (κ2) is 5.87. The van der Waals surface area contributed by atoms with E-state index >= 15 is 0 Å². The fourth-order valence-electron chi connectivity index (χ4n) is 1.45. The standard InChI is InChI=1S/C13H11BrClNOS/c1-8-7-18-12(11(8)15)13(17)16-6-9-2-4-10(14)5-3-9/h2-5,7H,6H2,1H3,(H,16,17). The predicted molar refractivity (Wildman–Crippen MR) is 79.4 cm³/mol. The molecule has 18 heavy (non-hydrogen) atoms. The van der Waals surface area contributed by atoms with E-state index in [4.69, 9.17) is 11.6 Å². The molecular formula is C13H11BrClNOS. The molecule has 0 spiro atoms. The molecule has 5 heteroatoms. The van der Waals surface area contributed by atoms with Gasteiger partial charge >= 0.3 is 0 Å². The van der Waals surface area contributed by atoms with Crippen LogP contribution in [-0.4, -0.2) is 5.91 Å². The lowest BCUT2D eigenvalue weighted by Gasteiger charge is -2.04. The average Bonchev–Trinajstić information content (AvgIpc) is 2.69. The van der Waals surface area contributed by atoms with Gasteiger partial charge in [0, 0.05) is 11.0 Å². The summed E-state index contributed by atoms with van der Waals surface area (Å²) in [4.78, 5) is 12.5. The number of carbonyl (C=O) groups excluding carboxylic acids is 1. The second-order valence-corrected chi connectivity index (χ2v) is 6.04. The van der Waals surface area contributed by atoms with Crippen LogP contribution in [0.3, 0.4) is 0 Å². The number of aryl methyl sites for hydroxylation is 1. The highest BCUT2D eigenvalue weighted by Gasteiger charge is 2.13. The minimum absolute atomic E-state index is 0.124. The van der Waals surface area contributed by atoms with Crippen molar-refractivity contribution >= 4 is 44.8 Å². The molecule has 1 aromatic carbocycles. The lowest BCUT2D eigenvalue weighted by molar-refractivity contribution is 0.0955. The molecule has 2 rings (SSSR count). The molecule has 0 saturated carbocycles. The third kappa shape index (κ3) is 3.13.